The molecule has 0 radical (unpaired) electrons. The van der Waals surface area contributed by atoms with Gasteiger partial charge in [-0.05, 0) is 50.6 Å². The van der Waals surface area contributed by atoms with Gasteiger partial charge in [-0.25, -0.2) is 4.39 Å². The highest BCUT2D eigenvalue weighted by Crippen LogP contribution is 2.03. The van der Waals surface area contributed by atoms with Crippen LogP contribution in [0.1, 0.15) is 18.4 Å². The van der Waals surface area contributed by atoms with Crippen LogP contribution in [0.25, 0.3) is 0 Å². The van der Waals surface area contributed by atoms with E-state index in [1.807, 2.05) is 12.1 Å². The number of halogens is 1. The van der Waals surface area contributed by atoms with Gasteiger partial charge in [0.05, 0.1) is 0 Å². The Kier molecular flexibility index (Phi) is 8.69. The van der Waals surface area contributed by atoms with E-state index < -0.39 is 0 Å². The normalized spacial score (nSPS) is 16.8. The summed E-state index contributed by atoms with van der Waals surface area (Å²) in [6.07, 6.45) is 3.21. The summed E-state index contributed by atoms with van der Waals surface area (Å²) >= 11 is 0. The van der Waals surface area contributed by atoms with Crippen molar-refractivity contribution < 1.29 is 4.39 Å². The van der Waals surface area contributed by atoms with Crippen molar-refractivity contribution in [2.24, 2.45) is 4.99 Å². The molecule has 0 saturated carbocycles. The summed E-state index contributed by atoms with van der Waals surface area (Å²) in [6, 6.07) is 6.66. The minimum Gasteiger partial charge on any atom is -0.356 e. The van der Waals surface area contributed by atoms with Gasteiger partial charge in [0.15, 0.2) is 5.96 Å². The molecule has 0 amide bonds. The van der Waals surface area contributed by atoms with Crippen LogP contribution in [0.15, 0.2) is 29.3 Å². The van der Waals surface area contributed by atoms with Crippen molar-refractivity contribution >= 4 is 5.96 Å². The van der Waals surface area contributed by atoms with Crippen molar-refractivity contribution in [2.75, 3.05) is 59.9 Å². The minimum absolute atomic E-state index is 0.189. The van der Waals surface area contributed by atoms with Crippen molar-refractivity contribution in [1.82, 2.24) is 20.4 Å². The van der Waals surface area contributed by atoms with Gasteiger partial charge in [-0.15, -0.1) is 0 Å². The molecule has 0 unspecified atom stereocenters. The van der Waals surface area contributed by atoms with Gasteiger partial charge in [-0.1, -0.05) is 12.1 Å². The molecule has 25 heavy (non-hydrogen) atoms. The van der Waals surface area contributed by atoms with Crippen molar-refractivity contribution in [3.8, 4) is 0 Å². The molecule has 2 N–H and O–H groups in total. The smallest absolute Gasteiger partial charge is 0.190 e. The summed E-state index contributed by atoms with van der Waals surface area (Å²) in [5, 5.41) is 6.67. The first kappa shape index (κ1) is 19.7. The largest absolute Gasteiger partial charge is 0.356 e. The molecule has 0 atom stereocenters. The average Bonchev–Trinajstić information content (AvgIpc) is 2.63. The fourth-order valence-electron chi connectivity index (χ4n) is 2.94. The zero-order chi connectivity index (χ0) is 17.9. The molecule has 1 aliphatic heterocycles. The number of likely N-dealkylation sites (N-methyl/N-ethyl adjacent to an activating group) is 1. The second kappa shape index (κ2) is 11.1. The zero-order valence-corrected chi connectivity index (χ0v) is 15.6. The van der Waals surface area contributed by atoms with Gasteiger partial charge in [0.1, 0.15) is 5.82 Å². The maximum absolute atomic E-state index is 12.9. The lowest BCUT2D eigenvalue weighted by molar-refractivity contribution is 0.152. The number of hydrogen-bond acceptors (Lipinski definition) is 3. The first-order valence-electron chi connectivity index (χ1n) is 9.27. The average molecular weight is 349 g/mol. The number of benzene rings is 1. The molecule has 0 spiro atoms. The fraction of sp³-hybridized carbons (Fsp3) is 0.632. The van der Waals surface area contributed by atoms with E-state index in [9.17, 15) is 4.39 Å². The highest BCUT2D eigenvalue weighted by Gasteiger charge is 2.12. The van der Waals surface area contributed by atoms with Crippen LogP contribution in [0.4, 0.5) is 4.39 Å². The van der Waals surface area contributed by atoms with Gasteiger partial charge in [0, 0.05) is 46.3 Å². The minimum atomic E-state index is -0.189. The van der Waals surface area contributed by atoms with Crippen LogP contribution in [-0.4, -0.2) is 75.7 Å². The third-order valence-corrected chi connectivity index (χ3v) is 4.63. The van der Waals surface area contributed by atoms with Crippen molar-refractivity contribution in [1.29, 1.82) is 0 Å². The number of guanidine groups is 1. The second-order valence-corrected chi connectivity index (χ2v) is 6.65. The molecular weight excluding hydrogens is 317 g/mol. The molecular formula is C19H32FN5. The number of nitrogens with one attached hydrogen (secondary N) is 2. The molecule has 1 aromatic carbocycles. The number of nitrogens with zero attached hydrogens (tertiary/aromatic N) is 3. The van der Waals surface area contributed by atoms with Crippen LogP contribution in [0, 0.1) is 5.82 Å². The summed E-state index contributed by atoms with van der Waals surface area (Å²) in [4.78, 5) is 9.19. The summed E-state index contributed by atoms with van der Waals surface area (Å²) in [6.45, 7) is 7.65. The Morgan fingerprint density at radius 3 is 2.40 bits per heavy atom. The lowest BCUT2D eigenvalue weighted by Crippen LogP contribution is -2.44. The van der Waals surface area contributed by atoms with Crippen LogP contribution in [-0.2, 0) is 6.42 Å². The van der Waals surface area contributed by atoms with Crippen LogP contribution in [0.3, 0.4) is 0 Å². The lowest BCUT2D eigenvalue weighted by atomic mass is 10.1. The number of hydrogen-bond donors (Lipinski definition) is 2. The van der Waals surface area contributed by atoms with E-state index >= 15 is 0 Å². The van der Waals surface area contributed by atoms with Gasteiger partial charge >= 0.3 is 0 Å². The van der Waals surface area contributed by atoms with E-state index in [4.69, 9.17) is 0 Å². The molecule has 5 nitrogen and oxygen atoms in total. The van der Waals surface area contributed by atoms with Gasteiger partial charge < -0.3 is 20.4 Å². The van der Waals surface area contributed by atoms with Crippen LogP contribution < -0.4 is 10.6 Å². The molecule has 1 heterocycles. The molecule has 0 aliphatic carbocycles. The molecule has 0 bridgehead atoms. The lowest BCUT2D eigenvalue weighted by Gasteiger charge is -2.32. The molecule has 1 saturated heterocycles. The van der Waals surface area contributed by atoms with Gasteiger partial charge in [-0.2, -0.15) is 0 Å². The molecule has 1 aliphatic rings. The van der Waals surface area contributed by atoms with Crippen molar-refractivity contribution in [2.45, 2.75) is 19.3 Å². The summed E-state index contributed by atoms with van der Waals surface area (Å²) < 4.78 is 12.9. The summed E-state index contributed by atoms with van der Waals surface area (Å²) in [5.74, 6) is 0.646. The van der Waals surface area contributed by atoms with Gasteiger partial charge in [0.2, 0.25) is 0 Å². The number of rotatable bonds is 8. The molecule has 1 aromatic rings. The van der Waals surface area contributed by atoms with Crippen LogP contribution in [0.5, 0.6) is 0 Å². The number of aliphatic imine (C=N–C) groups is 1. The second-order valence-electron chi connectivity index (χ2n) is 6.65. The van der Waals surface area contributed by atoms with E-state index in [-0.39, 0.29) is 5.82 Å². The number of unbranched alkanes of at least 4 members (excludes halogenated alkanes) is 1. The maximum Gasteiger partial charge on any atom is 0.190 e. The predicted molar refractivity (Wildman–Crippen MR) is 103 cm³/mol. The Hall–Kier alpha value is -1.66. The standard InChI is InChI=1S/C19H32FN5/c1-21-19(23-11-9-17-5-7-18(20)8-6-17)22-10-3-4-12-25-15-13-24(2)14-16-25/h5-8H,3-4,9-16H2,1-2H3,(H2,21,22,23). The SMILES string of the molecule is CN=C(NCCCCN1CCN(C)CC1)NCCc1ccc(F)cc1. The Balaban J connectivity index is 1.52. The van der Waals surface area contributed by atoms with Crippen molar-refractivity contribution in [3.05, 3.63) is 35.6 Å². The highest BCUT2D eigenvalue weighted by atomic mass is 19.1. The molecule has 2 rings (SSSR count). The Morgan fingerprint density at radius 1 is 1.04 bits per heavy atom. The highest BCUT2D eigenvalue weighted by molar-refractivity contribution is 5.79. The molecule has 140 valence electrons. The Labute approximate surface area is 151 Å². The third kappa shape index (κ3) is 7.84. The van der Waals surface area contributed by atoms with E-state index in [0.29, 0.717) is 0 Å². The summed E-state index contributed by atoms with van der Waals surface area (Å²) in [7, 11) is 3.98. The first-order valence-corrected chi connectivity index (χ1v) is 9.27. The molecule has 6 heteroatoms. The van der Waals surface area contributed by atoms with Crippen LogP contribution >= 0.6 is 0 Å². The first-order chi connectivity index (χ1) is 12.2. The maximum atomic E-state index is 12.9. The van der Waals surface area contributed by atoms with Crippen molar-refractivity contribution in [3.63, 3.8) is 0 Å². The Bertz CT molecular complexity index is 509. The van der Waals surface area contributed by atoms with E-state index in [1.165, 1.54) is 51.3 Å². The molecule has 1 fully saturated rings. The van der Waals surface area contributed by atoms with E-state index in [2.05, 4.69) is 32.5 Å². The monoisotopic (exact) mass is 349 g/mol. The van der Waals surface area contributed by atoms with E-state index in [1.54, 1.807) is 7.05 Å². The number of piperazine rings is 1. The predicted octanol–water partition coefficient (Wildman–Crippen LogP) is 1.56. The Morgan fingerprint density at radius 2 is 1.72 bits per heavy atom. The topological polar surface area (TPSA) is 42.9 Å². The van der Waals surface area contributed by atoms with E-state index in [0.717, 1.165) is 37.5 Å². The van der Waals surface area contributed by atoms with Crippen LogP contribution in [0.2, 0.25) is 0 Å². The quantitative estimate of drug-likeness (QED) is 0.425. The summed E-state index contributed by atoms with van der Waals surface area (Å²) in [5.41, 5.74) is 1.12. The zero-order valence-electron chi connectivity index (χ0n) is 15.6. The van der Waals surface area contributed by atoms with Gasteiger partial charge in [0.25, 0.3) is 0 Å². The third-order valence-electron chi connectivity index (χ3n) is 4.63. The molecule has 0 aromatic heterocycles. The van der Waals surface area contributed by atoms with Gasteiger partial charge in [-0.3, -0.25) is 4.99 Å². The fourth-order valence-corrected chi connectivity index (χ4v) is 2.94.